The molecule has 0 spiro atoms. The standard InChI is InChI=1S/C38H43ClN4O3S/c1-7-43-31-13-10-26(19-29(31)34(41-43)25-14-16-42(17-15-25)28-20-45-21-28)37-40-30-18-22(2)32(35(23(3)44)46-38(4,5)6)33(36(30)47-37)24-8-11-27(39)12-9-24/h8-13,18-19,25,28,35H,7,14-17,20-21H2,1-6H3/t35-/m1/s1. The van der Waals surface area contributed by atoms with Crippen LogP contribution in [0.1, 0.15) is 76.3 Å². The van der Waals surface area contributed by atoms with Gasteiger partial charge in [-0.05, 0) is 115 Å². The van der Waals surface area contributed by atoms with Crippen LogP contribution in [0.25, 0.3) is 42.8 Å². The van der Waals surface area contributed by atoms with Gasteiger partial charge in [0.15, 0.2) is 5.78 Å². The molecule has 47 heavy (non-hydrogen) atoms. The number of rotatable bonds is 8. The van der Waals surface area contributed by atoms with Crippen LogP contribution < -0.4 is 0 Å². The maximum absolute atomic E-state index is 13.2. The molecule has 0 unspecified atom stereocenters. The van der Waals surface area contributed by atoms with Crippen LogP contribution >= 0.6 is 22.9 Å². The van der Waals surface area contributed by atoms with E-state index < -0.39 is 11.7 Å². The first kappa shape index (κ1) is 32.4. The van der Waals surface area contributed by atoms with E-state index in [1.54, 1.807) is 18.3 Å². The molecule has 0 N–H and O–H groups in total. The highest BCUT2D eigenvalue weighted by Crippen LogP contribution is 2.45. The van der Waals surface area contributed by atoms with Crippen molar-refractivity contribution in [2.24, 2.45) is 0 Å². The van der Waals surface area contributed by atoms with Crippen molar-refractivity contribution in [2.45, 2.75) is 84.6 Å². The van der Waals surface area contributed by atoms with Gasteiger partial charge in [-0.1, -0.05) is 23.7 Å². The summed E-state index contributed by atoms with van der Waals surface area (Å²) in [5.41, 5.74) is 7.69. The van der Waals surface area contributed by atoms with E-state index >= 15 is 0 Å². The molecular weight excluding hydrogens is 628 g/mol. The molecule has 2 fully saturated rings. The summed E-state index contributed by atoms with van der Waals surface area (Å²) in [5.74, 6) is 0.404. The largest absolute Gasteiger partial charge is 0.378 e. The summed E-state index contributed by atoms with van der Waals surface area (Å²) in [6.45, 7) is 16.5. The highest BCUT2D eigenvalue weighted by molar-refractivity contribution is 7.22. The van der Waals surface area contributed by atoms with Crippen molar-refractivity contribution >= 4 is 49.8 Å². The predicted molar refractivity (Wildman–Crippen MR) is 192 cm³/mol. The number of nitrogens with zero attached hydrogens (tertiary/aromatic N) is 4. The molecule has 0 saturated carbocycles. The van der Waals surface area contributed by atoms with Gasteiger partial charge in [0.05, 0.1) is 46.3 Å². The molecule has 2 aromatic heterocycles. The predicted octanol–water partition coefficient (Wildman–Crippen LogP) is 8.99. The number of carbonyl (C=O) groups excluding carboxylic acids is 1. The fraction of sp³-hybridized carbons (Fsp3) is 0.447. The average Bonchev–Trinajstić information content (AvgIpc) is 3.60. The van der Waals surface area contributed by atoms with Crippen LogP contribution in [0.4, 0.5) is 0 Å². The van der Waals surface area contributed by atoms with Crippen LogP contribution in [0.3, 0.4) is 0 Å². The molecule has 2 aliphatic rings. The molecule has 1 atom stereocenters. The first-order valence-corrected chi connectivity index (χ1v) is 17.9. The number of fused-ring (bicyclic) bond motifs is 2. The van der Waals surface area contributed by atoms with Gasteiger partial charge < -0.3 is 9.47 Å². The third-order valence-corrected chi connectivity index (χ3v) is 10.9. The molecule has 0 aliphatic carbocycles. The van der Waals surface area contributed by atoms with Gasteiger partial charge in [0, 0.05) is 39.6 Å². The van der Waals surface area contributed by atoms with Gasteiger partial charge in [0.2, 0.25) is 0 Å². The molecule has 0 amide bonds. The van der Waals surface area contributed by atoms with Crippen LogP contribution in [-0.2, 0) is 20.8 Å². The minimum atomic E-state index is -0.711. The molecule has 5 aromatic rings. The zero-order chi connectivity index (χ0) is 33.0. The Morgan fingerprint density at radius 2 is 1.79 bits per heavy atom. The van der Waals surface area contributed by atoms with Gasteiger partial charge in [-0.25, -0.2) is 4.98 Å². The van der Waals surface area contributed by atoms with E-state index in [9.17, 15) is 4.79 Å². The van der Waals surface area contributed by atoms with E-state index in [0.717, 1.165) is 88.7 Å². The van der Waals surface area contributed by atoms with Crippen molar-refractivity contribution in [3.8, 4) is 21.7 Å². The normalized spacial score (nSPS) is 17.4. The van der Waals surface area contributed by atoms with Crippen molar-refractivity contribution in [1.82, 2.24) is 19.7 Å². The van der Waals surface area contributed by atoms with Crippen molar-refractivity contribution < 1.29 is 14.3 Å². The fourth-order valence-electron chi connectivity index (χ4n) is 7.13. The molecule has 2 saturated heterocycles. The third kappa shape index (κ3) is 6.27. The molecule has 3 aromatic carbocycles. The highest BCUT2D eigenvalue weighted by atomic mass is 35.5. The molecule has 4 heterocycles. The maximum Gasteiger partial charge on any atom is 0.163 e. The van der Waals surface area contributed by atoms with Gasteiger partial charge >= 0.3 is 0 Å². The number of likely N-dealkylation sites (tertiary alicyclic amines) is 1. The molecule has 0 radical (unpaired) electrons. The Hall–Kier alpha value is -3.14. The van der Waals surface area contributed by atoms with Gasteiger partial charge in [-0.2, -0.15) is 5.10 Å². The second-order valence-corrected chi connectivity index (χ2v) is 15.4. The van der Waals surface area contributed by atoms with E-state index in [1.807, 2.05) is 45.0 Å². The lowest BCUT2D eigenvalue weighted by molar-refractivity contribution is -0.138. The van der Waals surface area contributed by atoms with Gasteiger partial charge in [-0.15, -0.1) is 11.3 Å². The Bertz CT molecular complexity index is 1950. The third-order valence-electron chi connectivity index (χ3n) is 9.54. The monoisotopic (exact) mass is 670 g/mol. The molecule has 0 bridgehead atoms. The number of halogens is 1. The number of Topliss-reactive ketones (excluding diaryl/α,β-unsaturated/α-hetero) is 1. The lowest BCUT2D eigenvalue weighted by Gasteiger charge is -2.41. The number of benzene rings is 3. The number of aryl methyl sites for hydroxylation is 2. The highest BCUT2D eigenvalue weighted by Gasteiger charge is 2.33. The number of hydrogen-bond acceptors (Lipinski definition) is 7. The second kappa shape index (κ2) is 12.7. The maximum atomic E-state index is 13.2. The zero-order valence-corrected chi connectivity index (χ0v) is 29.7. The summed E-state index contributed by atoms with van der Waals surface area (Å²) < 4.78 is 15.1. The van der Waals surface area contributed by atoms with Crippen molar-refractivity contribution in [2.75, 3.05) is 26.3 Å². The second-order valence-electron chi connectivity index (χ2n) is 14.0. The number of piperidine rings is 1. The van der Waals surface area contributed by atoms with Crippen LogP contribution in [0.2, 0.25) is 5.02 Å². The number of ether oxygens (including phenoxy) is 2. The average molecular weight is 671 g/mol. The van der Waals surface area contributed by atoms with Crippen molar-refractivity contribution in [1.29, 1.82) is 0 Å². The molecule has 246 valence electrons. The number of carbonyl (C=O) groups is 1. The first-order valence-electron chi connectivity index (χ1n) is 16.7. The molecular formula is C38H43ClN4O3S. The van der Waals surface area contributed by atoms with Crippen LogP contribution in [0, 0.1) is 6.92 Å². The summed E-state index contributed by atoms with van der Waals surface area (Å²) in [6, 6.07) is 17.2. The lowest BCUT2D eigenvalue weighted by atomic mass is 9.90. The van der Waals surface area contributed by atoms with E-state index in [4.69, 9.17) is 31.2 Å². The fourth-order valence-corrected chi connectivity index (χ4v) is 8.37. The molecule has 9 heteroatoms. The Morgan fingerprint density at radius 3 is 2.40 bits per heavy atom. The summed E-state index contributed by atoms with van der Waals surface area (Å²) in [4.78, 5) is 21.0. The quantitative estimate of drug-likeness (QED) is 0.164. The topological polar surface area (TPSA) is 69.5 Å². The zero-order valence-electron chi connectivity index (χ0n) is 28.1. The van der Waals surface area contributed by atoms with Gasteiger partial charge in [0.1, 0.15) is 11.1 Å². The van der Waals surface area contributed by atoms with E-state index in [1.165, 1.54) is 16.6 Å². The Labute approximate surface area is 285 Å². The molecule has 2 aliphatic heterocycles. The summed E-state index contributed by atoms with van der Waals surface area (Å²) >= 11 is 7.99. The summed E-state index contributed by atoms with van der Waals surface area (Å²) in [6.07, 6.45) is 1.51. The van der Waals surface area contributed by atoms with Gasteiger partial charge in [-0.3, -0.25) is 14.4 Å². The smallest absolute Gasteiger partial charge is 0.163 e. The number of ketones is 1. The van der Waals surface area contributed by atoms with Gasteiger partial charge in [0.25, 0.3) is 0 Å². The van der Waals surface area contributed by atoms with Crippen molar-refractivity contribution in [3.63, 3.8) is 0 Å². The SMILES string of the molecule is CCn1nc(C2CCN(C3COC3)CC2)c2cc(-c3nc4cc(C)c([C@H](OC(C)(C)C)C(C)=O)c(-c5ccc(Cl)cc5)c4s3)ccc21. The van der Waals surface area contributed by atoms with Crippen LogP contribution in [-0.4, -0.2) is 63.4 Å². The number of hydrogen-bond donors (Lipinski definition) is 0. The summed E-state index contributed by atoms with van der Waals surface area (Å²) in [5, 5.41) is 7.99. The number of thiazole rings is 1. The van der Waals surface area contributed by atoms with Crippen LogP contribution in [0.5, 0.6) is 0 Å². The van der Waals surface area contributed by atoms with E-state index in [0.29, 0.717) is 17.0 Å². The minimum absolute atomic E-state index is 0.0277. The van der Waals surface area contributed by atoms with E-state index in [2.05, 4.69) is 47.7 Å². The lowest BCUT2D eigenvalue weighted by Crippen LogP contribution is -2.51. The van der Waals surface area contributed by atoms with E-state index in [-0.39, 0.29) is 5.78 Å². The Balaban J connectivity index is 1.34. The number of aromatic nitrogens is 3. The molecule has 7 rings (SSSR count). The Kier molecular flexibility index (Phi) is 8.77. The van der Waals surface area contributed by atoms with Crippen LogP contribution in [0.15, 0.2) is 48.5 Å². The Morgan fingerprint density at radius 1 is 1.09 bits per heavy atom. The minimum Gasteiger partial charge on any atom is -0.378 e. The molecule has 7 nitrogen and oxygen atoms in total. The summed E-state index contributed by atoms with van der Waals surface area (Å²) in [7, 11) is 0. The van der Waals surface area contributed by atoms with Crippen molar-refractivity contribution in [3.05, 3.63) is 70.4 Å². The first-order chi connectivity index (χ1) is 22.5.